The Labute approximate surface area is 158 Å². The van der Waals surface area contributed by atoms with Crippen LogP contribution < -0.4 is 5.32 Å². The number of fused-ring (bicyclic) bond motifs is 1. The Morgan fingerprint density at radius 3 is 2.68 bits per heavy atom. The van der Waals surface area contributed by atoms with Gasteiger partial charge in [0.25, 0.3) is 0 Å². The topological polar surface area (TPSA) is 72.7 Å². The van der Waals surface area contributed by atoms with Crippen molar-refractivity contribution in [1.82, 2.24) is 25.3 Å². The van der Waals surface area contributed by atoms with Crippen LogP contribution in [0.5, 0.6) is 0 Å². The lowest BCUT2D eigenvalue weighted by atomic mass is 9.83. The molecule has 0 fully saturated rings. The van der Waals surface area contributed by atoms with Crippen molar-refractivity contribution < 1.29 is 18.0 Å². The highest BCUT2D eigenvalue weighted by Gasteiger charge is 2.31. The Bertz CT molecular complexity index is 1010. The van der Waals surface area contributed by atoms with Crippen molar-refractivity contribution in [3.8, 4) is 11.4 Å². The zero-order valence-electron chi connectivity index (χ0n) is 14.8. The third-order valence-corrected chi connectivity index (χ3v) is 4.81. The van der Waals surface area contributed by atoms with Crippen LogP contribution in [0.1, 0.15) is 35.7 Å². The molecule has 0 radical (unpaired) electrons. The number of hydrogen-bond donors (Lipinski definition) is 1. The van der Waals surface area contributed by atoms with Crippen LogP contribution in [0.4, 0.5) is 13.2 Å². The van der Waals surface area contributed by atoms with Gasteiger partial charge in [0.15, 0.2) is 0 Å². The largest absolute Gasteiger partial charge is 0.417 e. The summed E-state index contributed by atoms with van der Waals surface area (Å²) in [5.41, 5.74) is 2.03. The second-order valence-corrected chi connectivity index (χ2v) is 6.65. The van der Waals surface area contributed by atoms with Crippen LogP contribution in [0.2, 0.25) is 0 Å². The van der Waals surface area contributed by atoms with Gasteiger partial charge in [0.1, 0.15) is 11.7 Å². The Kier molecular flexibility index (Phi) is 4.37. The molecule has 0 aliphatic heterocycles. The van der Waals surface area contributed by atoms with Gasteiger partial charge in [0.2, 0.25) is 5.91 Å². The summed E-state index contributed by atoms with van der Waals surface area (Å²) in [7, 11) is 0. The van der Waals surface area contributed by atoms with Crippen LogP contribution in [-0.4, -0.2) is 25.9 Å². The van der Waals surface area contributed by atoms with Crippen molar-refractivity contribution in [2.75, 3.05) is 0 Å². The molecule has 0 bridgehead atoms. The Balaban J connectivity index is 1.44. The maximum Gasteiger partial charge on any atom is 0.417 e. The molecule has 4 rings (SSSR count). The highest BCUT2D eigenvalue weighted by Crippen LogP contribution is 2.33. The van der Waals surface area contributed by atoms with Crippen molar-refractivity contribution in [1.29, 1.82) is 0 Å². The van der Waals surface area contributed by atoms with E-state index in [1.165, 1.54) is 22.5 Å². The summed E-state index contributed by atoms with van der Waals surface area (Å²) in [4.78, 5) is 16.3. The van der Waals surface area contributed by atoms with Gasteiger partial charge in [-0.2, -0.15) is 13.2 Å². The Morgan fingerprint density at radius 2 is 2.00 bits per heavy atom. The smallest absolute Gasteiger partial charge is 0.347 e. The van der Waals surface area contributed by atoms with Gasteiger partial charge in [-0.3, -0.25) is 9.78 Å². The highest BCUT2D eigenvalue weighted by atomic mass is 19.4. The van der Waals surface area contributed by atoms with Gasteiger partial charge in [0.05, 0.1) is 23.5 Å². The zero-order chi connectivity index (χ0) is 19.9. The average Bonchev–Trinajstić information content (AvgIpc) is 3.15. The first kappa shape index (κ1) is 18.1. The first-order chi connectivity index (χ1) is 13.3. The minimum Gasteiger partial charge on any atom is -0.347 e. The molecule has 2 aromatic heterocycles. The standard InChI is InChI=1S/C19H16F3N5O/c1-11(18(28)24-16-8-12-4-2-3-5-14(12)16)27-10-17(25-26-27)15-7-6-13(9-23-15)19(20,21)22/h2-7,9-11,16H,8H2,1H3,(H,24,28). The molecule has 2 atom stereocenters. The van der Waals surface area contributed by atoms with E-state index in [4.69, 9.17) is 0 Å². The van der Waals surface area contributed by atoms with Gasteiger partial charge in [-0.15, -0.1) is 5.10 Å². The van der Waals surface area contributed by atoms with E-state index in [0.717, 1.165) is 24.2 Å². The van der Waals surface area contributed by atoms with Gasteiger partial charge in [-0.05, 0) is 36.6 Å². The molecule has 1 aliphatic rings. The first-order valence-corrected chi connectivity index (χ1v) is 8.66. The molecule has 9 heteroatoms. The fourth-order valence-electron chi connectivity index (χ4n) is 3.10. The quantitative estimate of drug-likeness (QED) is 0.745. The van der Waals surface area contributed by atoms with Crippen LogP contribution in [-0.2, 0) is 17.4 Å². The van der Waals surface area contributed by atoms with Crippen LogP contribution in [0.25, 0.3) is 11.4 Å². The number of nitrogens with zero attached hydrogens (tertiary/aromatic N) is 4. The lowest BCUT2D eigenvalue weighted by Crippen LogP contribution is -2.39. The summed E-state index contributed by atoms with van der Waals surface area (Å²) >= 11 is 0. The number of rotatable bonds is 4. The van der Waals surface area contributed by atoms with Crippen LogP contribution >= 0.6 is 0 Å². The monoisotopic (exact) mass is 387 g/mol. The van der Waals surface area contributed by atoms with E-state index < -0.39 is 17.8 Å². The van der Waals surface area contributed by atoms with Crippen LogP contribution in [0, 0.1) is 0 Å². The summed E-state index contributed by atoms with van der Waals surface area (Å²) in [5.74, 6) is -0.212. The van der Waals surface area contributed by atoms with Crippen molar-refractivity contribution in [2.24, 2.45) is 0 Å². The lowest BCUT2D eigenvalue weighted by Gasteiger charge is -2.31. The summed E-state index contributed by atoms with van der Waals surface area (Å²) in [5, 5.41) is 10.8. The summed E-state index contributed by atoms with van der Waals surface area (Å²) in [6, 6.07) is 9.43. The molecule has 2 unspecified atom stereocenters. The summed E-state index contributed by atoms with van der Waals surface area (Å²) < 4.78 is 39.3. The van der Waals surface area contributed by atoms with E-state index in [-0.39, 0.29) is 17.6 Å². The van der Waals surface area contributed by atoms with E-state index in [1.807, 2.05) is 24.3 Å². The summed E-state index contributed by atoms with van der Waals surface area (Å²) in [6.45, 7) is 1.68. The van der Waals surface area contributed by atoms with E-state index in [2.05, 4.69) is 20.6 Å². The molecule has 0 saturated heterocycles. The molecular formula is C19H16F3N5O. The predicted octanol–water partition coefficient (Wildman–Crippen LogP) is 3.33. The number of benzene rings is 1. The molecule has 0 spiro atoms. The first-order valence-electron chi connectivity index (χ1n) is 8.66. The number of nitrogens with one attached hydrogen (secondary N) is 1. The number of hydrogen-bond acceptors (Lipinski definition) is 4. The highest BCUT2D eigenvalue weighted by molar-refractivity contribution is 5.80. The average molecular weight is 387 g/mol. The number of carbonyl (C=O) groups excluding carboxylic acids is 1. The molecule has 0 saturated carbocycles. The maximum atomic E-state index is 12.6. The molecule has 2 heterocycles. The number of pyridine rings is 1. The molecule has 3 aromatic rings. The number of alkyl halides is 3. The second kappa shape index (κ2) is 6.74. The van der Waals surface area contributed by atoms with E-state index >= 15 is 0 Å². The van der Waals surface area contributed by atoms with Crippen molar-refractivity contribution in [3.05, 3.63) is 65.5 Å². The lowest BCUT2D eigenvalue weighted by molar-refractivity contribution is -0.137. The minimum atomic E-state index is -4.45. The SMILES string of the molecule is CC(C(=O)NC1Cc2ccccc21)n1cc(-c2ccc(C(F)(F)F)cn2)nn1. The zero-order valence-corrected chi connectivity index (χ0v) is 14.8. The van der Waals surface area contributed by atoms with Crippen LogP contribution in [0.15, 0.2) is 48.8 Å². The minimum absolute atomic E-state index is 0.0225. The van der Waals surface area contributed by atoms with E-state index in [9.17, 15) is 18.0 Å². The third-order valence-electron chi connectivity index (χ3n) is 4.81. The Morgan fingerprint density at radius 1 is 1.21 bits per heavy atom. The summed E-state index contributed by atoms with van der Waals surface area (Å²) in [6.07, 6.45) is -1.42. The Hall–Kier alpha value is -3.23. The van der Waals surface area contributed by atoms with Crippen molar-refractivity contribution in [3.63, 3.8) is 0 Å². The van der Waals surface area contributed by atoms with Crippen LogP contribution in [0.3, 0.4) is 0 Å². The fourth-order valence-corrected chi connectivity index (χ4v) is 3.10. The molecular weight excluding hydrogens is 371 g/mol. The molecule has 6 nitrogen and oxygen atoms in total. The number of amides is 1. The van der Waals surface area contributed by atoms with E-state index in [1.54, 1.807) is 6.92 Å². The molecule has 1 amide bonds. The van der Waals surface area contributed by atoms with Crippen molar-refractivity contribution in [2.45, 2.75) is 31.6 Å². The van der Waals surface area contributed by atoms with Gasteiger partial charge in [-0.1, -0.05) is 29.5 Å². The van der Waals surface area contributed by atoms with Gasteiger partial charge >= 0.3 is 6.18 Å². The second-order valence-electron chi connectivity index (χ2n) is 6.65. The van der Waals surface area contributed by atoms with Gasteiger partial charge in [0, 0.05) is 6.20 Å². The fraction of sp³-hybridized carbons (Fsp3) is 0.263. The molecule has 1 aromatic carbocycles. The number of halogens is 3. The number of aromatic nitrogens is 4. The van der Waals surface area contributed by atoms with Gasteiger partial charge in [-0.25, -0.2) is 4.68 Å². The predicted molar refractivity (Wildman–Crippen MR) is 94.0 cm³/mol. The molecule has 28 heavy (non-hydrogen) atoms. The van der Waals surface area contributed by atoms with Crippen molar-refractivity contribution >= 4 is 5.91 Å². The van der Waals surface area contributed by atoms with E-state index in [0.29, 0.717) is 5.69 Å². The molecule has 144 valence electrons. The van der Waals surface area contributed by atoms with Gasteiger partial charge < -0.3 is 5.32 Å². The molecule has 1 N–H and O–H groups in total. The maximum absolute atomic E-state index is 12.6. The number of carbonyl (C=O) groups is 1. The normalized spacial score (nSPS) is 16.8. The third kappa shape index (κ3) is 3.35. The molecule has 1 aliphatic carbocycles.